The van der Waals surface area contributed by atoms with Crippen LogP contribution in [0.1, 0.15) is 58.8 Å². The summed E-state index contributed by atoms with van der Waals surface area (Å²) in [5.74, 6) is 0.567. The number of hydrogen-bond donors (Lipinski definition) is 2. The lowest BCUT2D eigenvalue weighted by Gasteiger charge is -2.24. The molecule has 1 aromatic heterocycles. The predicted molar refractivity (Wildman–Crippen MR) is 102 cm³/mol. The van der Waals surface area contributed by atoms with E-state index in [0.717, 1.165) is 23.2 Å². The quantitative estimate of drug-likeness (QED) is 0.874. The number of fused-ring (bicyclic) bond motifs is 1. The van der Waals surface area contributed by atoms with E-state index in [-0.39, 0.29) is 11.9 Å². The smallest absolute Gasteiger partial charge is 0.315 e. The first kappa shape index (κ1) is 17.5. The molecule has 1 saturated carbocycles. The molecule has 0 spiro atoms. The van der Waals surface area contributed by atoms with E-state index in [1.807, 2.05) is 30.3 Å². The summed E-state index contributed by atoms with van der Waals surface area (Å²) >= 11 is 0. The molecule has 1 aliphatic heterocycles. The summed E-state index contributed by atoms with van der Waals surface area (Å²) in [6.45, 7) is 1.20. The Morgan fingerprint density at radius 2 is 1.89 bits per heavy atom. The van der Waals surface area contributed by atoms with Crippen molar-refractivity contribution in [3.8, 4) is 0 Å². The van der Waals surface area contributed by atoms with Gasteiger partial charge in [0.2, 0.25) is 0 Å². The maximum atomic E-state index is 12.4. The van der Waals surface area contributed by atoms with Crippen LogP contribution in [0.15, 0.2) is 42.7 Å². The molecule has 4 rings (SSSR count). The van der Waals surface area contributed by atoms with Gasteiger partial charge in [0.15, 0.2) is 0 Å². The lowest BCUT2D eigenvalue weighted by atomic mass is 9.98. The number of rotatable bonds is 4. The number of primary amides is 1. The van der Waals surface area contributed by atoms with Gasteiger partial charge in [-0.3, -0.25) is 9.78 Å². The second kappa shape index (κ2) is 7.39. The molecule has 6 heteroatoms. The zero-order valence-electron chi connectivity index (χ0n) is 15.2. The van der Waals surface area contributed by atoms with Crippen molar-refractivity contribution in [2.24, 2.45) is 11.7 Å². The van der Waals surface area contributed by atoms with Crippen molar-refractivity contribution in [1.82, 2.24) is 15.2 Å². The number of nitrogens with zero attached hydrogens (tertiary/aromatic N) is 2. The Morgan fingerprint density at radius 3 is 2.59 bits per heavy atom. The van der Waals surface area contributed by atoms with Crippen molar-refractivity contribution in [2.45, 2.75) is 38.3 Å². The third-order valence-corrected chi connectivity index (χ3v) is 5.69. The Hall–Kier alpha value is -2.89. The summed E-state index contributed by atoms with van der Waals surface area (Å²) in [4.78, 5) is 30.1. The van der Waals surface area contributed by atoms with Gasteiger partial charge in [0.25, 0.3) is 5.91 Å². The largest absolute Gasteiger partial charge is 0.352 e. The number of amides is 3. The molecule has 27 heavy (non-hydrogen) atoms. The average Bonchev–Trinajstić information content (AvgIpc) is 3.34. The van der Waals surface area contributed by atoms with E-state index in [1.54, 1.807) is 17.3 Å². The summed E-state index contributed by atoms with van der Waals surface area (Å²) in [6.07, 6.45) is 8.45. The molecule has 1 atom stereocenters. The maximum Gasteiger partial charge on any atom is 0.315 e. The number of urea groups is 1. The zero-order chi connectivity index (χ0) is 18.8. The second-order valence-electron chi connectivity index (χ2n) is 7.43. The molecule has 2 aliphatic rings. The molecule has 6 nitrogen and oxygen atoms in total. The van der Waals surface area contributed by atoms with Crippen LogP contribution in [-0.4, -0.2) is 28.4 Å². The second-order valence-corrected chi connectivity index (χ2v) is 7.43. The van der Waals surface area contributed by atoms with E-state index in [0.29, 0.717) is 18.0 Å². The van der Waals surface area contributed by atoms with Gasteiger partial charge in [-0.05, 0) is 53.6 Å². The highest BCUT2D eigenvalue weighted by molar-refractivity contribution is 5.94. The van der Waals surface area contributed by atoms with Crippen LogP contribution >= 0.6 is 0 Å². The molecule has 1 fully saturated rings. The first-order valence-electron chi connectivity index (χ1n) is 9.50. The summed E-state index contributed by atoms with van der Waals surface area (Å²) < 4.78 is 0. The van der Waals surface area contributed by atoms with Crippen LogP contribution in [0.4, 0.5) is 4.79 Å². The molecule has 3 amide bonds. The van der Waals surface area contributed by atoms with Crippen LogP contribution in [-0.2, 0) is 6.54 Å². The molecule has 0 saturated heterocycles. The predicted octanol–water partition coefficient (Wildman–Crippen LogP) is 2.99. The topological polar surface area (TPSA) is 88.3 Å². The van der Waals surface area contributed by atoms with Crippen molar-refractivity contribution in [3.63, 3.8) is 0 Å². The first-order valence-corrected chi connectivity index (χ1v) is 9.50. The highest BCUT2D eigenvalue weighted by atomic mass is 16.2. The third-order valence-electron chi connectivity index (χ3n) is 5.69. The van der Waals surface area contributed by atoms with Gasteiger partial charge in [0.05, 0.1) is 12.6 Å². The van der Waals surface area contributed by atoms with Crippen molar-refractivity contribution in [2.75, 3.05) is 6.54 Å². The van der Waals surface area contributed by atoms with Crippen molar-refractivity contribution >= 4 is 11.9 Å². The fourth-order valence-corrected chi connectivity index (χ4v) is 4.21. The maximum absolute atomic E-state index is 12.4. The molecule has 140 valence electrons. The number of pyridine rings is 1. The van der Waals surface area contributed by atoms with Gasteiger partial charge in [-0.25, -0.2) is 4.79 Å². The van der Waals surface area contributed by atoms with Crippen LogP contribution in [0.2, 0.25) is 0 Å². The molecule has 0 bridgehead atoms. The fraction of sp³-hybridized carbons (Fsp3) is 0.381. The zero-order valence-corrected chi connectivity index (χ0v) is 15.2. The summed E-state index contributed by atoms with van der Waals surface area (Å²) in [5.41, 5.74) is 9.19. The number of hydrogen-bond acceptors (Lipinski definition) is 3. The summed E-state index contributed by atoms with van der Waals surface area (Å²) in [6, 6.07) is 8.66. The molecule has 1 unspecified atom stereocenters. The monoisotopic (exact) mass is 364 g/mol. The number of aromatic nitrogens is 1. The van der Waals surface area contributed by atoms with Gasteiger partial charge in [-0.2, -0.15) is 0 Å². The highest BCUT2D eigenvalue weighted by Crippen LogP contribution is 2.37. The Balaban J connectivity index is 1.50. The van der Waals surface area contributed by atoms with E-state index >= 15 is 0 Å². The van der Waals surface area contributed by atoms with Gasteiger partial charge in [0.1, 0.15) is 0 Å². The normalized spacial score (nSPS) is 19.1. The number of nitrogens with two attached hydrogens (primary N) is 1. The van der Waals surface area contributed by atoms with Crippen LogP contribution < -0.4 is 11.1 Å². The minimum absolute atomic E-state index is 0.0452. The summed E-state index contributed by atoms with van der Waals surface area (Å²) in [5, 5.41) is 3.04. The molecule has 3 N–H and O–H groups in total. The van der Waals surface area contributed by atoms with Gasteiger partial charge in [-0.1, -0.05) is 25.0 Å². The van der Waals surface area contributed by atoms with E-state index in [9.17, 15) is 9.59 Å². The Kier molecular flexibility index (Phi) is 4.79. The highest BCUT2D eigenvalue weighted by Gasteiger charge is 2.33. The molecule has 2 aromatic rings. The number of benzene rings is 1. The van der Waals surface area contributed by atoms with Crippen molar-refractivity contribution in [1.29, 1.82) is 0 Å². The third kappa shape index (κ3) is 3.52. The van der Waals surface area contributed by atoms with E-state index in [4.69, 9.17) is 5.73 Å². The molecule has 2 heterocycles. The molecule has 1 aliphatic carbocycles. The van der Waals surface area contributed by atoms with Crippen molar-refractivity contribution in [3.05, 3.63) is 65.0 Å². The Labute approximate surface area is 158 Å². The first-order chi connectivity index (χ1) is 13.1. The van der Waals surface area contributed by atoms with Crippen LogP contribution in [0.5, 0.6) is 0 Å². The van der Waals surface area contributed by atoms with E-state index in [1.165, 1.54) is 25.7 Å². The van der Waals surface area contributed by atoms with Crippen molar-refractivity contribution < 1.29 is 9.59 Å². The number of nitrogens with one attached hydrogen (secondary N) is 1. The lowest BCUT2D eigenvalue weighted by molar-refractivity contribution is 0.0947. The minimum atomic E-state index is -0.463. The van der Waals surface area contributed by atoms with Gasteiger partial charge < -0.3 is 16.0 Å². The number of carbonyl (C=O) groups is 2. The lowest BCUT2D eigenvalue weighted by Crippen LogP contribution is -2.34. The van der Waals surface area contributed by atoms with E-state index < -0.39 is 6.03 Å². The van der Waals surface area contributed by atoms with Crippen LogP contribution in [0.25, 0.3) is 0 Å². The molecular formula is C21H24N4O2. The van der Waals surface area contributed by atoms with Gasteiger partial charge >= 0.3 is 6.03 Å². The molecule has 0 radical (unpaired) electrons. The standard InChI is InChI=1S/C21H24N4O2/c22-21(27)25-13-17-12-23-10-9-18(17)19(25)15-5-7-16(8-6-15)20(26)24-11-14-3-1-2-4-14/h5-10,12,14,19H,1-4,11,13H2,(H2,22,27)(H,24,26). The SMILES string of the molecule is NC(=O)N1Cc2cnccc2C1c1ccc(C(=O)NCC2CCCC2)cc1. The average molecular weight is 364 g/mol. The Morgan fingerprint density at radius 1 is 1.15 bits per heavy atom. The van der Waals surface area contributed by atoms with Gasteiger partial charge in [0, 0.05) is 24.5 Å². The van der Waals surface area contributed by atoms with Crippen LogP contribution in [0, 0.1) is 5.92 Å². The Bertz CT molecular complexity index is 844. The fourth-order valence-electron chi connectivity index (χ4n) is 4.21. The molecular weight excluding hydrogens is 340 g/mol. The molecule has 1 aromatic carbocycles. The van der Waals surface area contributed by atoms with E-state index in [2.05, 4.69) is 10.3 Å². The van der Waals surface area contributed by atoms with Crippen LogP contribution in [0.3, 0.4) is 0 Å². The number of carbonyl (C=O) groups excluding carboxylic acids is 2. The van der Waals surface area contributed by atoms with Gasteiger partial charge in [-0.15, -0.1) is 0 Å². The minimum Gasteiger partial charge on any atom is -0.352 e. The summed E-state index contributed by atoms with van der Waals surface area (Å²) in [7, 11) is 0.